The van der Waals surface area contributed by atoms with Gasteiger partial charge in [0.15, 0.2) is 11.6 Å². The second-order valence-electron chi connectivity index (χ2n) is 2.57. The molecule has 0 radical (unpaired) electrons. The molecule has 1 aromatic rings. The average Bonchev–Trinajstić information content (AvgIpc) is 2.18. The van der Waals surface area contributed by atoms with Crippen LogP contribution in [0.3, 0.4) is 0 Å². The molecule has 5 heteroatoms. The summed E-state index contributed by atoms with van der Waals surface area (Å²) in [5.74, 6) is -0.299. The number of hydrogen-bond acceptors (Lipinski definition) is 3. The maximum atomic E-state index is 13.6. The Morgan fingerprint density at radius 2 is 2.14 bits per heavy atom. The van der Waals surface area contributed by atoms with Gasteiger partial charge in [-0.05, 0) is 12.1 Å². The molecule has 1 N–H and O–H groups in total. The van der Waals surface area contributed by atoms with Gasteiger partial charge in [-0.25, -0.2) is 4.39 Å². The van der Waals surface area contributed by atoms with E-state index >= 15 is 0 Å². The Kier molecular flexibility index (Phi) is 4.13. The summed E-state index contributed by atoms with van der Waals surface area (Å²) in [5, 5.41) is 0.341. The number of hydroxylamine groups is 1. The zero-order valence-corrected chi connectivity index (χ0v) is 8.69. The molecular formula is C9H11ClFNO2. The molecule has 0 bridgehead atoms. The zero-order chi connectivity index (χ0) is 10.6. The van der Waals surface area contributed by atoms with E-state index < -0.39 is 5.82 Å². The summed E-state index contributed by atoms with van der Waals surface area (Å²) in [6.45, 7) is 0.193. The van der Waals surface area contributed by atoms with Crippen LogP contribution in [0.25, 0.3) is 0 Å². The first-order chi connectivity index (χ1) is 6.70. The third-order valence-corrected chi connectivity index (χ3v) is 2.12. The van der Waals surface area contributed by atoms with E-state index in [9.17, 15) is 4.39 Å². The quantitative estimate of drug-likeness (QED) is 0.787. The number of halogens is 2. The Balaban J connectivity index is 2.99. The van der Waals surface area contributed by atoms with Crippen molar-refractivity contribution in [1.29, 1.82) is 0 Å². The summed E-state index contributed by atoms with van der Waals surface area (Å²) in [7, 11) is 2.85. The summed E-state index contributed by atoms with van der Waals surface area (Å²) < 4.78 is 18.4. The predicted molar refractivity (Wildman–Crippen MR) is 51.8 cm³/mol. The molecule has 1 aromatic carbocycles. The number of benzene rings is 1. The molecule has 0 saturated carbocycles. The SMILES string of the molecule is CONCc1c(Cl)ccc(OC)c1F. The molecule has 0 unspecified atom stereocenters. The fourth-order valence-corrected chi connectivity index (χ4v) is 1.25. The maximum Gasteiger partial charge on any atom is 0.171 e. The van der Waals surface area contributed by atoms with Crippen molar-refractivity contribution < 1.29 is 14.0 Å². The summed E-state index contributed by atoms with van der Waals surface area (Å²) in [4.78, 5) is 4.61. The van der Waals surface area contributed by atoms with E-state index in [1.165, 1.54) is 20.3 Å². The molecule has 0 amide bonds. The van der Waals surface area contributed by atoms with E-state index in [2.05, 4.69) is 10.3 Å². The number of rotatable bonds is 4. The van der Waals surface area contributed by atoms with Crippen LogP contribution in [0, 0.1) is 5.82 Å². The highest BCUT2D eigenvalue weighted by atomic mass is 35.5. The van der Waals surface area contributed by atoms with Crippen LogP contribution < -0.4 is 10.2 Å². The fraction of sp³-hybridized carbons (Fsp3) is 0.333. The zero-order valence-electron chi connectivity index (χ0n) is 7.93. The van der Waals surface area contributed by atoms with Crippen molar-refractivity contribution in [3.63, 3.8) is 0 Å². The van der Waals surface area contributed by atoms with Crippen molar-refractivity contribution in [2.45, 2.75) is 6.54 Å². The lowest BCUT2D eigenvalue weighted by atomic mass is 10.2. The van der Waals surface area contributed by atoms with Crippen LogP contribution >= 0.6 is 11.6 Å². The van der Waals surface area contributed by atoms with Gasteiger partial charge in [-0.3, -0.25) is 0 Å². The van der Waals surface area contributed by atoms with E-state index in [-0.39, 0.29) is 12.3 Å². The van der Waals surface area contributed by atoms with E-state index in [0.717, 1.165) is 0 Å². The first kappa shape index (κ1) is 11.2. The maximum absolute atomic E-state index is 13.6. The van der Waals surface area contributed by atoms with Crippen molar-refractivity contribution in [2.75, 3.05) is 14.2 Å². The van der Waals surface area contributed by atoms with E-state index in [0.29, 0.717) is 10.6 Å². The molecule has 78 valence electrons. The Morgan fingerprint density at radius 1 is 1.43 bits per heavy atom. The molecule has 0 aliphatic carbocycles. The molecule has 0 fully saturated rings. The van der Waals surface area contributed by atoms with Gasteiger partial charge < -0.3 is 9.57 Å². The van der Waals surface area contributed by atoms with Gasteiger partial charge >= 0.3 is 0 Å². The van der Waals surface area contributed by atoms with E-state index in [4.69, 9.17) is 16.3 Å². The standard InChI is InChI=1S/C9H11ClFNO2/c1-13-8-4-3-7(10)6(9(8)11)5-12-14-2/h3-4,12H,5H2,1-2H3. The predicted octanol–water partition coefficient (Wildman–Crippen LogP) is 2.14. The van der Waals surface area contributed by atoms with Crippen LogP contribution in [0.4, 0.5) is 4.39 Å². The molecule has 0 aromatic heterocycles. The van der Waals surface area contributed by atoms with Crippen LogP contribution in [0.15, 0.2) is 12.1 Å². The molecule has 0 spiro atoms. The lowest BCUT2D eigenvalue weighted by molar-refractivity contribution is 0.0858. The third-order valence-electron chi connectivity index (χ3n) is 1.76. The smallest absolute Gasteiger partial charge is 0.171 e. The summed E-state index contributed by atoms with van der Waals surface area (Å²) in [5.41, 5.74) is 2.84. The molecule has 0 aliphatic heterocycles. The second-order valence-corrected chi connectivity index (χ2v) is 2.97. The van der Waals surface area contributed by atoms with Crippen molar-refractivity contribution in [2.24, 2.45) is 0 Å². The van der Waals surface area contributed by atoms with E-state index in [1.807, 2.05) is 0 Å². The molecule has 3 nitrogen and oxygen atoms in total. The van der Waals surface area contributed by atoms with Gasteiger partial charge in [0.25, 0.3) is 0 Å². The lowest BCUT2D eigenvalue weighted by Crippen LogP contribution is -2.12. The van der Waals surface area contributed by atoms with Crippen molar-refractivity contribution >= 4 is 11.6 Å². The highest BCUT2D eigenvalue weighted by Crippen LogP contribution is 2.26. The summed E-state index contributed by atoms with van der Waals surface area (Å²) in [6.07, 6.45) is 0. The molecule has 0 atom stereocenters. The van der Waals surface area contributed by atoms with Crippen molar-refractivity contribution in [3.8, 4) is 5.75 Å². The first-order valence-corrected chi connectivity index (χ1v) is 4.35. The number of ether oxygens (including phenoxy) is 1. The fourth-order valence-electron chi connectivity index (χ4n) is 1.04. The van der Waals surface area contributed by atoms with Crippen LogP contribution in [-0.2, 0) is 11.4 Å². The van der Waals surface area contributed by atoms with Gasteiger partial charge in [0, 0.05) is 10.6 Å². The topological polar surface area (TPSA) is 30.5 Å². The summed E-state index contributed by atoms with van der Waals surface area (Å²) in [6, 6.07) is 3.06. The number of hydrogen-bond donors (Lipinski definition) is 1. The lowest BCUT2D eigenvalue weighted by Gasteiger charge is -2.09. The highest BCUT2D eigenvalue weighted by Gasteiger charge is 2.12. The van der Waals surface area contributed by atoms with Crippen LogP contribution in [0.2, 0.25) is 5.02 Å². The van der Waals surface area contributed by atoms with Gasteiger partial charge in [-0.15, -0.1) is 0 Å². The second kappa shape index (κ2) is 5.14. The largest absolute Gasteiger partial charge is 0.494 e. The van der Waals surface area contributed by atoms with Gasteiger partial charge in [0.05, 0.1) is 20.8 Å². The minimum atomic E-state index is -0.468. The minimum absolute atomic E-state index is 0.169. The van der Waals surface area contributed by atoms with Crippen molar-refractivity contribution in [1.82, 2.24) is 5.48 Å². The Bertz CT molecular complexity index is 320. The molecule has 14 heavy (non-hydrogen) atoms. The molecule has 0 heterocycles. The first-order valence-electron chi connectivity index (χ1n) is 3.97. The highest BCUT2D eigenvalue weighted by molar-refractivity contribution is 6.31. The van der Waals surface area contributed by atoms with Gasteiger partial charge in [0.1, 0.15) is 0 Å². The van der Waals surface area contributed by atoms with Gasteiger partial charge in [0.2, 0.25) is 0 Å². The van der Waals surface area contributed by atoms with Crippen LogP contribution in [0.5, 0.6) is 5.75 Å². The number of nitrogens with one attached hydrogen (secondary N) is 1. The van der Waals surface area contributed by atoms with Crippen LogP contribution in [-0.4, -0.2) is 14.2 Å². The molecule has 0 saturated heterocycles. The average molecular weight is 220 g/mol. The minimum Gasteiger partial charge on any atom is -0.494 e. The molecule has 1 rings (SSSR count). The molecule has 0 aliphatic rings. The Hall–Kier alpha value is -0.840. The van der Waals surface area contributed by atoms with Gasteiger partial charge in [-0.1, -0.05) is 11.6 Å². The summed E-state index contributed by atoms with van der Waals surface area (Å²) >= 11 is 5.80. The number of methoxy groups -OCH3 is 1. The normalized spacial score (nSPS) is 10.3. The van der Waals surface area contributed by atoms with E-state index in [1.54, 1.807) is 6.07 Å². The van der Waals surface area contributed by atoms with Gasteiger partial charge in [-0.2, -0.15) is 5.48 Å². The van der Waals surface area contributed by atoms with Crippen LogP contribution in [0.1, 0.15) is 5.56 Å². The van der Waals surface area contributed by atoms with Crippen molar-refractivity contribution in [3.05, 3.63) is 28.5 Å². The third kappa shape index (κ3) is 2.35. The molecular weight excluding hydrogens is 209 g/mol. The Morgan fingerprint density at radius 3 is 2.71 bits per heavy atom. The Labute approximate surface area is 86.7 Å². The monoisotopic (exact) mass is 219 g/mol.